The minimum Gasteiger partial charge on any atom is -0.380 e. The van der Waals surface area contributed by atoms with Gasteiger partial charge in [-0.05, 0) is 74.3 Å². The molecule has 0 aliphatic heterocycles. The lowest BCUT2D eigenvalue weighted by Gasteiger charge is -2.54. The third-order valence-electron chi connectivity index (χ3n) is 5.59. The first-order valence-corrected chi connectivity index (χ1v) is 7.46. The quantitative estimate of drug-likeness (QED) is 0.856. The lowest BCUT2D eigenvalue weighted by atomic mass is 9.54. The highest BCUT2D eigenvalue weighted by atomic mass is 15.0. The van der Waals surface area contributed by atoms with E-state index in [0.717, 1.165) is 29.7 Å². The molecule has 2 heteroatoms. The zero-order valence-corrected chi connectivity index (χ0v) is 11.1. The molecule has 0 spiro atoms. The number of nitrogens with zero attached hydrogens (tertiary/aromatic N) is 1. The molecule has 4 bridgehead atoms. The second-order valence-corrected chi connectivity index (χ2v) is 6.79. The number of hydrogen-bond acceptors (Lipinski definition) is 2. The number of anilines is 1. The molecule has 5 rings (SSSR count). The van der Waals surface area contributed by atoms with Crippen LogP contribution in [0.3, 0.4) is 0 Å². The van der Waals surface area contributed by atoms with Crippen molar-refractivity contribution in [2.24, 2.45) is 23.7 Å². The third-order valence-corrected chi connectivity index (χ3v) is 5.59. The maximum atomic E-state index is 4.27. The predicted molar refractivity (Wildman–Crippen MR) is 73.4 cm³/mol. The van der Waals surface area contributed by atoms with Crippen molar-refractivity contribution in [1.29, 1.82) is 0 Å². The van der Waals surface area contributed by atoms with Gasteiger partial charge in [-0.2, -0.15) is 0 Å². The number of nitrogens with one attached hydrogen (secondary N) is 1. The van der Waals surface area contributed by atoms with Gasteiger partial charge in [-0.3, -0.25) is 4.98 Å². The Bertz CT molecular complexity index is 426. The first kappa shape index (κ1) is 10.8. The van der Waals surface area contributed by atoms with Gasteiger partial charge >= 0.3 is 0 Å². The third kappa shape index (κ3) is 1.65. The summed E-state index contributed by atoms with van der Waals surface area (Å²) in [5, 5.41) is 3.83. The largest absolute Gasteiger partial charge is 0.380 e. The van der Waals surface area contributed by atoms with Crippen LogP contribution in [0, 0.1) is 30.6 Å². The van der Waals surface area contributed by atoms with Crippen molar-refractivity contribution in [1.82, 2.24) is 4.98 Å². The Morgan fingerprint density at radius 1 is 1.06 bits per heavy atom. The maximum absolute atomic E-state index is 4.27. The predicted octanol–water partition coefficient (Wildman–Crippen LogP) is 3.63. The van der Waals surface area contributed by atoms with E-state index in [-0.39, 0.29) is 0 Å². The molecule has 1 heterocycles. The minimum atomic E-state index is 0.723. The zero-order chi connectivity index (χ0) is 12.1. The van der Waals surface area contributed by atoms with Crippen molar-refractivity contribution >= 4 is 5.69 Å². The van der Waals surface area contributed by atoms with Crippen LogP contribution in [0.25, 0.3) is 0 Å². The summed E-state index contributed by atoms with van der Waals surface area (Å²) in [6, 6.07) is 2.83. The molecule has 18 heavy (non-hydrogen) atoms. The van der Waals surface area contributed by atoms with E-state index in [2.05, 4.69) is 23.3 Å². The van der Waals surface area contributed by atoms with E-state index in [1.165, 1.54) is 43.4 Å². The van der Waals surface area contributed by atoms with Crippen LogP contribution >= 0.6 is 0 Å². The number of hydrogen-bond donors (Lipinski definition) is 1. The van der Waals surface area contributed by atoms with Crippen molar-refractivity contribution in [2.45, 2.75) is 45.1 Å². The molecule has 0 radical (unpaired) electrons. The summed E-state index contributed by atoms with van der Waals surface area (Å²) in [6.07, 6.45) is 11.3. The molecule has 0 unspecified atom stereocenters. The fraction of sp³-hybridized carbons (Fsp3) is 0.688. The fourth-order valence-electron chi connectivity index (χ4n) is 4.96. The SMILES string of the molecule is Cc1ccncc1NC1C2CC3CC(C2)CC1C3. The molecule has 0 amide bonds. The summed E-state index contributed by atoms with van der Waals surface area (Å²) in [6.45, 7) is 2.18. The molecule has 4 saturated carbocycles. The Hall–Kier alpha value is -1.05. The van der Waals surface area contributed by atoms with Gasteiger partial charge in [-0.1, -0.05) is 0 Å². The molecular weight excluding hydrogens is 220 g/mol. The Labute approximate surface area is 109 Å². The monoisotopic (exact) mass is 242 g/mol. The maximum Gasteiger partial charge on any atom is 0.0558 e. The van der Waals surface area contributed by atoms with E-state index >= 15 is 0 Å². The van der Waals surface area contributed by atoms with Crippen LogP contribution in [0.4, 0.5) is 5.69 Å². The van der Waals surface area contributed by atoms with Crippen LogP contribution in [0.15, 0.2) is 18.5 Å². The van der Waals surface area contributed by atoms with Crippen LogP contribution in [0.1, 0.15) is 37.7 Å². The zero-order valence-electron chi connectivity index (χ0n) is 11.1. The number of pyridine rings is 1. The summed E-state index contributed by atoms with van der Waals surface area (Å²) >= 11 is 0. The van der Waals surface area contributed by atoms with Crippen LogP contribution in [0.5, 0.6) is 0 Å². The highest BCUT2D eigenvalue weighted by Gasteiger charge is 2.48. The van der Waals surface area contributed by atoms with Crippen LogP contribution in [0.2, 0.25) is 0 Å². The van der Waals surface area contributed by atoms with E-state index in [4.69, 9.17) is 0 Å². The number of aromatic nitrogens is 1. The van der Waals surface area contributed by atoms with E-state index in [0.29, 0.717) is 0 Å². The smallest absolute Gasteiger partial charge is 0.0558 e. The molecule has 1 aromatic heterocycles. The van der Waals surface area contributed by atoms with E-state index in [1.54, 1.807) is 0 Å². The lowest BCUT2D eigenvalue weighted by molar-refractivity contribution is 0.00751. The summed E-state index contributed by atoms with van der Waals surface area (Å²) in [4.78, 5) is 4.27. The van der Waals surface area contributed by atoms with Crippen molar-refractivity contribution in [3.8, 4) is 0 Å². The first-order valence-electron chi connectivity index (χ1n) is 7.46. The standard InChI is InChI=1S/C16H22N2/c1-10-2-3-17-9-15(10)18-16-13-5-11-4-12(7-13)8-14(16)6-11/h2-3,9,11-14,16,18H,4-8H2,1H3. The summed E-state index contributed by atoms with van der Waals surface area (Å²) in [5.41, 5.74) is 2.59. The van der Waals surface area contributed by atoms with Crippen molar-refractivity contribution in [3.05, 3.63) is 24.0 Å². The van der Waals surface area contributed by atoms with E-state index in [9.17, 15) is 0 Å². The molecule has 4 aliphatic carbocycles. The molecule has 0 saturated heterocycles. The Morgan fingerprint density at radius 3 is 2.33 bits per heavy atom. The minimum absolute atomic E-state index is 0.723. The van der Waals surface area contributed by atoms with Gasteiger partial charge in [0.1, 0.15) is 0 Å². The van der Waals surface area contributed by atoms with E-state index in [1.807, 2.05) is 12.4 Å². The summed E-state index contributed by atoms with van der Waals surface area (Å²) in [7, 11) is 0. The molecule has 2 nitrogen and oxygen atoms in total. The normalized spacial score (nSPS) is 41.1. The molecule has 0 aromatic carbocycles. The molecule has 4 fully saturated rings. The highest BCUT2D eigenvalue weighted by molar-refractivity contribution is 5.49. The average Bonchev–Trinajstić information content (AvgIpc) is 2.35. The van der Waals surface area contributed by atoms with Crippen LogP contribution in [-0.2, 0) is 0 Å². The van der Waals surface area contributed by atoms with Gasteiger partial charge in [0.05, 0.1) is 11.9 Å². The van der Waals surface area contributed by atoms with Crippen molar-refractivity contribution in [2.75, 3.05) is 5.32 Å². The van der Waals surface area contributed by atoms with Crippen molar-refractivity contribution < 1.29 is 0 Å². The van der Waals surface area contributed by atoms with E-state index < -0.39 is 0 Å². The van der Waals surface area contributed by atoms with Gasteiger partial charge in [0.2, 0.25) is 0 Å². The second-order valence-electron chi connectivity index (χ2n) is 6.79. The van der Waals surface area contributed by atoms with Gasteiger partial charge in [0, 0.05) is 12.2 Å². The molecular formula is C16H22N2. The number of aryl methyl sites for hydroxylation is 1. The molecule has 96 valence electrons. The summed E-state index contributed by atoms with van der Waals surface area (Å²) < 4.78 is 0. The first-order chi connectivity index (χ1) is 8.79. The van der Waals surface area contributed by atoms with Gasteiger partial charge in [0.15, 0.2) is 0 Å². The second kappa shape index (κ2) is 3.97. The van der Waals surface area contributed by atoms with Crippen LogP contribution in [-0.4, -0.2) is 11.0 Å². The molecule has 4 aliphatic rings. The highest BCUT2D eigenvalue weighted by Crippen LogP contribution is 2.54. The van der Waals surface area contributed by atoms with Crippen LogP contribution < -0.4 is 5.32 Å². The molecule has 1 N–H and O–H groups in total. The fourth-order valence-corrected chi connectivity index (χ4v) is 4.96. The Balaban J connectivity index is 1.57. The lowest BCUT2D eigenvalue weighted by Crippen LogP contribution is -2.51. The van der Waals surface area contributed by atoms with Crippen molar-refractivity contribution in [3.63, 3.8) is 0 Å². The Kier molecular flexibility index (Phi) is 2.39. The molecule has 0 atom stereocenters. The van der Waals surface area contributed by atoms with Gasteiger partial charge in [-0.15, -0.1) is 0 Å². The van der Waals surface area contributed by atoms with Gasteiger partial charge < -0.3 is 5.32 Å². The Morgan fingerprint density at radius 2 is 1.72 bits per heavy atom. The molecule has 1 aromatic rings. The average molecular weight is 242 g/mol. The topological polar surface area (TPSA) is 24.9 Å². The van der Waals surface area contributed by atoms with Gasteiger partial charge in [0.25, 0.3) is 0 Å². The number of rotatable bonds is 2. The summed E-state index contributed by atoms with van der Waals surface area (Å²) in [5.74, 6) is 3.97. The van der Waals surface area contributed by atoms with Gasteiger partial charge in [-0.25, -0.2) is 0 Å².